The Kier molecular flexibility index (Phi) is 6.62. The van der Waals surface area contributed by atoms with Crippen molar-refractivity contribution in [2.24, 2.45) is 11.8 Å². The van der Waals surface area contributed by atoms with Gasteiger partial charge in [-0.15, -0.1) is 0 Å². The van der Waals surface area contributed by atoms with Crippen LogP contribution in [0.3, 0.4) is 0 Å². The van der Waals surface area contributed by atoms with Crippen LogP contribution in [-0.2, 0) is 17.8 Å². The molecule has 6 nitrogen and oxygen atoms in total. The Labute approximate surface area is 167 Å². The number of carbonyl (C=O) groups excluding carboxylic acids is 1. The molecule has 0 aliphatic carbocycles. The number of carbonyl (C=O) groups is 1. The lowest BCUT2D eigenvalue weighted by atomic mass is 9.88. The van der Waals surface area contributed by atoms with E-state index in [4.69, 9.17) is 5.73 Å². The molecule has 1 aromatic heterocycles. The quantitative estimate of drug-likeness (QED) is 0.798. The molecule has 1 saturated heterocycles. The summed E-state index contributed by atoms with van der Waals surface area (Å²) in [6.07, 6.45) is 3.46. The van der Waals surface area contributed by atoms with Gasteiger partial charge in [-0.25, -0.2) is 9.97 Å². The minimum absolute atomic E-state index is 0.0173. The topological polar surface area (TPSA) is 75.4 Å². The number of aromatic nitrogens is 2. The van der Waals surface area contributed by atoms with Crippen LogP contribution in [0.5, 0.6) is 0 Å². The molecule has 1 aliphatic heterocycles. The third-order valence-corrected chi connectivity index (χ3v) is 5.64. The molecular formula is C22H31N5O. The van der Waals surface area contributed by atoms with Crippen molar-refractivity contribution in [1.29, 1.82) is 0 Å². The highest BCUT2D eigenvalue weighted by Gasteiger charge is 2.33. The number of anilines is 1. The van der Waals surface area contributed by atoms with Crippen molar-refractivity contribution < 1.29 is 4.79 Å². The van der Waals surface area contributed by atoms with Crippen molar-refractivity contribution in [2.45, 2.75) is 39.3 Å². The molecule has 2 atom stereocenters. The van der Waals surface area contributed by atoms with Gasteiger partial charge >= 0.3 is 0 Å². The van der Waals surface area contributed by atoms with Gasteiger partial charge in [-0.2, -0.15) is 0 Å². The molecule has 1 aliphatic rings. The van der Waals surface area contributed by atoms with E-state index in [9.17, 15) is 4.79 Å². The summed E-state index contributed by atoms with van der Waals surface area (Å²) in [6, 6.07) is 12.3. The monoisotopic (exact) mass is 381 g/mol. The van der Waals surface area contributed by atoms with Gasteiger partial charge in [0.1, 0.15) is 11.6 Å². The lowest BCUT2D eigenvalue weighted by molar-refractivity contribution is -0.136. The van der Waals surface area contributed by atoms with E-state index < -0.39 is 0 Å². The maximum Gasteiger partial charge on any atom is 0.226 e. The highest BCUT2D eigenvalue weighted by molar-refractivity contribution is 5.79. The molecule has 6 heteroatoms. The molecule has 1 aromatic carbocycles. The van der Waals surface area contributed by atoms with Crippen molar-refractivity contribution in [1.82, 2.24) is 19.8 Å². The number of nitrogen functional groups attached to an aromatic ring is 1. The van der Waals surface area contributed by atoms with Crippen LogP contribution in [0.1, 0.15) is 31.7 Å². The van der Waals surface area contributed by atoms with Crippen molar-refractivity contribution in [3.05, 3.63) is 54.0 Å². The summed E-state index contributed by atoms with van der Waals surface area (Å²) in [6.45, 7) is 6.49. The molecule has 2 aromatic rings. The highest BCUT2D eigenvalue weighted by Crippen LogP contribution is 2.24. The number of nitrogens with zero attached hydrogens (tertiary/aromatic N) is 4. The smallest absolute Gasteiger partial charge is 0.226 e. The van der Waals surface area contributed by atoms with Gasteiger partial charge in [-0.3, -0.25) is 9.69 Å². The average molecular weight is 382 g/mol. The normalized spacial score (nSPS) is 18.0. The molecule has 1 amide bonds. The third kappa shape index (κ3) is 5.07. The van der Waals surface area contributed by atoms with E-state index in [1.54, 1.807) is 12.3 Å². The fourth-order valence-electron chi connectivity index (χ4n) is 3.86. The van der Waals surface area contributed by atoms with Crippen LogP contribution < -0.4 is 5.73 Å². The summed E-state index contributed by atoms with van der Waals surface area (Å²) in [5, 5.41) is 0. The highest BCUT2D eigenvalue weighted by atomic mass is 16.2. The van der Waals surface area contributed by atoms with Crippen LogP contribution in [0.4, 0.5) is 5.82 Å². The number of likely N-dealkylation sites (tertiary alicyclic amines) is 1. The Hall–Kier alpha value is -2.47. The lowest BCUT2D eigenvalue weighted by Crippen LogP contribution is -2.40. The molecule has 1 fully saturated rings. The van der Waals surface area contributed by atoms with Crippen molar-refractivity contribution in [3.8, 4) is 0 Å². The third-order valence-electron chi connectivity index (χ3n) is 5.64. The number of likely N-dealkylation sites (N-methyl/N-ethyl adjacent to an activating group) is 1. The number of amides is 1. The molecule has 2 heterocycles. The molecule has 0 saturated carbocycles. The predicted octanol–water partition coefficient (Wildman–Crippen LogP) is 2.61. The van der Waals surface area contributed by atoms with E-state index in [0.717, 1.165) is 31.8 Å². The van der Waals surface area contributed by atoms with Crippen LogP contribution >= 0.6 is 0 Å². The fraction of sp³-hybridized carbons (Fsp3) is 0.500. The van der Waals surface area contributed by atoms with E-state index >= 15 is 0 Å². The SMILES string of the molecule is CC(C)[C@@H](Cc1ccccc1)C(=O)N1CC[C@@H](N(C)Cc2nccc(N)n2)C1. The minimum atomic E-state index is 0.0173. The van der Waals surface area contributed by atoms with E-state index in [-0.39, 0.29) is 11.8 Å². The number of hydrogen-bond acceptors (Lipinski definition) is 5. The zero-order valence-electron chi connectivity index (χ0n) is 17.1. The van der Waals surface area contributed by atoms with Gasteiger partial charge in [0.2, 0.25) is 5.91 Å². The summed E-state index contributed by atoms with van der Waals surface area (Å²) in [4.78, 5) is 26.1. The molecule has 150 valence electrons. The Bertz CT molecular complexity index is 780. The van der Waals surface area contributed by atoms with Crippen LogP contribution in [0.25, 0.3) is 0 Å². The molecule has 0 radical (unpaired) electrons. The summed E-state index contributed by atoms with van der Waals surface area (Å²) in [7, 11) is 2.06. The van der Waals surface area contributed by atoms with Crippen LogP contribution in [-0.4, -0.2) is 51.9 Å². The maximum absolute atomic E-state index is 13.2. The lowest BCUT2D eigenvalue weighted by Gasteiger charge is -2.28. The van der Waals surface area contributed by atoms with E-state index in [1.165, 1.54) is 5.56 Å². The number of rotatable bonds is 7. The standard InChI is InChI=1S/C22H31N5O/c1-16(2)19(13-17-7-5-4-6-8-17)22(28)27-12-10-18(14-27)26(3)15-21-24-11-9-20(23)25-21/h4-9,11,16,18-19H,10,12-15H2,1-3H3,(H2,23,24,25)/t18-,19-/m1/s1. The van der Waals surface area contributed by atoms with Crippen LogP contribution in [0, 0.1) is 11.8 Å². The summed E-state index contributed by atoms with van der Waals surface area (Å²) < 4.78 is 0. The van der Waals surface area contributed by atoms with Crippen LogP contribution in [0.15, 0.2) is 42.6 Å². The molecule has 3 rings (SSSR count). The molecule has 28 heavy (non-hydrogen) atoms. The van der Waals surface area contributed by atoms with Gasteiger partial charge in [-0.1, -0.05) is 44.2 Å². The molecular weight excluding hydrogens is 350 g/mol. The Morgan fingerprint density at radius 2 is 2.04 bits per heavy atom. The molecule has 0 bridgehead atoms. The number of nitrogens with two attached hydrogens (primary N) is 1. The second-order valence-corrected chi connectivity index (χ2v) is 8.08. The van der Waals surface area contributed by atoms with Gasteiger partial charge in [0.15, 0.2) is 0 Å². The van der Waals surface area contributed by atoms with Gasteiger partial charge in [-0.05, 0) is 37.4 Å². The first-order chi connectivity index (χ1) is 13.4. The fourth-order valence-corrected chi connectivity index (χ4v) is 3.86. The van der Waals surface area contributed by atoms with Gasteiger partial charge in [0.25, 0.3) is 0 Å². The zero-order chi connectivity index (χ0) is 20.1. The van der Waals surface area contributed by atoms with Crippen molar-refractivity contribution in [3.63, 3.8) is 0 Å². The van der Waals surface area contributed by atoms with E-state index in [0.29, 0.717) is 24.3 Å². The van der Waals surface area contributed by atoms with E-state index in [2.05, 4.69) is 47.9 Å². The molecule has 2 N–H and O–H groups in total. The summed E-state index contributed by atoms with van der Waals surface area (Å²) in [5.41, 5.74) is 6.98. The molecule has 0 unspecified atom stereocenters. The second-order valence-electron chi connectivity index (χ2n) is 8.08. The second kappa shape index (κ2) is 9.15. The summed E-state index contributed by atoms with van der Waals surface area (Å²) >= 11 is 0. The minimum Gasteiger partial charge on any atom is -0.384 e. The number of hydrogen-bond donors (Lipinski definition) is 1. The average Bonchev–Trinajstić information content (AvgIpc) is 3.16. The first-order valence-electron chi connectivity index (χ1n) is 10.0. The Morgan fingerprint density at radius 1 is 1.29 bits per heavy atom. The van der Waals surface area contributed by atoms with Gasteiger partial charge < -0.3 is 10.6 Å². The van der Waals surface area contributed by atoms with Gasteiger partial charge in [0.05, 0.1) is 6.54 Å². The number of benzene rings is 1. The zero-order valence-corrected chi connectivity index (χ0v) is 17.1. The first kappa shape index (κ1) is 20.3. The van der Waals surface area contributed by atoms with Crippen molar-refractivity contribution >= 4 is 11.7 Å². The summed E-state index contributed by atoms with van der Waals surface area (Å²) in [5.74, 6) is 1.81. The van der Waals surface area contributed by atoms with Crippen molar-refractivity contribution in [2.75, 3.05) is 25.9 Å². The van der Waals surface area contributed by atoms with Crippen LogP contribution in [0.2, 0.25) is 0 Å². The maximum atomic E-state index is 13.2. The van der Waals surface area contributed by atoms with Gasteiger partial charge in [0, 0.05) is 31.2 Å². The Morgan fingerprint density at radius 3 is 2.71 bits per heavy atom. The Balaban J connectivity index is 1.60. The predicted molar refractivity (Wildman–Crippen MR) is 111 cm³/mol. The van der Waals surface area contributed by atoms with E-state index in [1.807, 2.05) is 23.1 Å². The largest absolute Gasteiger partial charge is 0.384 e. The molecule has 0 spiro atoms. The first-order valence-corrected chi connectivity index (χ1v) is 10.0.